The number of nitrogens with zero attached hydrogens (tertiary/aromatic N) is 1. The van der Waals surface area contributed by atoms with Crippen molar-refractivity contribution < 1.29 is 23.5 Å². The Kier molecular flexibility index (Phi) is 6.59. The Morgan fingerprint density at radius 1 is 0.912 bits per heavy atom. The highest BCUT2D eigenvalue weighted by Crippen LogP contribution is 2.34. The highest BCUT2D eigenvalue weighted by molar-refractivity contribution is 6.10. The zero-order valence-corrected chi connectivity index (χ0v) is 19.0. The number of Topliss-reactive ketones (excluding diaryl/α,β-unsaturated/α-hetero) is 1. The van der Waals surface area contributed by atoms with E-state index in [-0.39, 0.29) is 30.1 Å². The molecule has 6 heteroatoms. The molecule has 0 amide bonds. The Bertz CT molecular complexity index is 1370. The van der Waals surface area contributed by atoms with Gasteiger partial charge in [-0.2, -0.15) is 0 Å². The number of carbonyl (C=O) groups is 2. The van der Waals surface area contributed by atoms with Crippen molar-refractivity contribution in [1.82, 2.24) is 4.57 Å². The molecule has 0 spiro atoms. The Labute approximate surface area is 196 Å². The summed E-state index contributed by atoms with van der Waals surface area (Å²) >= 11 is 0. The maximum Gasteiger partial charge on any atom is 0.335 e. The zero-order valence-electron chi connectivity index (χ0n) is 19.0. The molecule has 0 fully saturated rings. The van der Waals surface area contributed by atoms with Crippen LogP contribution in [0.3, 0.4) is 0 Å². The van der Waals surface area contributed by atoms with Crippen molar-refractivity contribution in [1.29, 1.82) is 0 Å². The predicted molar refractivity (Wildman–Crippen MR) is 128 cm³/mol. The van der Waals surface area contributed by atoms with Crippen LogP contribution in [0, 0.1) is 11.6 Å². The lowest BCUT2D eigenvalue weighted by molar-refractivity contribution is 0.0696. The highest BCUT2D eigenvalue weighted by Gasteiger charge is 2.25. The van der Waals surface area contributed by atoms with Crippen LogP contribution >= 0.6 is 0 Å². The molecular formula is C28H25F2NO3. The maximum atomic E-state index is 13.6. The van der Waals surface area contributed by atoms with E-state index in [1.165, 1.54) is 12.1 Å². The van der Waals surface area contributed by atoms with Crippen molar-refractivity contribution in [3.05, 3.63) is 106 Å². The summed E-state index contributed by atoms with van der Waals surface area (Å²) < 4.78 is 28.9. The van der Waals surface area contributed by atoms with E-state index >= 15 is 0 Å². The van der Waals surface area contributed by atoms with Gasteiger partial charge in [0.25, 0.3) is 0 Å². The first-order valence-electron chi connectivity index (χ1n) is 11.2. The van der Waals surface area contributed by atoms with Gasteiger partial charge in [0.1, 0.15) is 0 Å². The SMILES string of the molecule is CC(C)c1c(C(=O)CCc2ccc(F)c(F)c2)c2ccc(C(=O)O)cc2n1Cc1ccccc1. The summed E-state index contributed by atoms with van der Waals surface area (Å²) in [5, 5.41) is 10.2. The van der Waals surface area contributed by atoms with Gasteiger partial charge in [-0.1, -0.05) is 56.3 Å². The van der Waals surface area contributed by atoms with E-state index in [0.717, 1.165) is 23.4 Å². The van der Waals surface area contributed by atoms with Gasteiger partial charge in [-0.05, 0) is 47.7 Å². The molecular weight excluding hydrogens is 436 g/mol. The van der Waals surface area contributed by atoms with Crippen LogP contribution in [0.25, 0.3) is 10.9 Å². The molecule has 1 heterocycles. The van der Waals surface area contributed by atoms with Crippen LogP contribution in [0.4, 0.5) is 8.78 Å². The number of rotatable bonds is 8. The summed E-state index contributed by atoms with van der Waals surface area (Å²) in [6.45, 7) is 4.49. The van der Waals surface area contributed by atoms with Gasteiger partial charge < -0.3 is 9.67 Å². The van der Waals surface area contributed by atoms with Gasteiger partial charge in [0.15, 0.2) is 17.4 Å². The summed E-state index contributed by atoms with van der Waals surface area (Å²) in [7, 11) is 0. The molecule has 4 nitrogen and oxygen atoms in total. The minimum atomic E-state index is -1.04. The number of aromatic nitrogens is 1. The normalized spacial score (nSPS) is 11.3. The van der Waals surface area contributed by atoms with E-state index in [4.69, 9.17) is 0 Å². The van der Waals surface area contributed by atoms with Crippen molar-refractivity contribution in [2.75, 3.05) is 0 Å². The van der Waals surface area contributed by atoms with Gasteiger partial charge in [0.2, 0.25) is 0 Å². The summed E-state index contributed by atoms with van der Waals surface area (Å²) in [5.74, 6) is -3.02. The number of fused-ring (bicyclic) bond motifs is 1. The second-order valence-electron chi connectivity index (χ2n) is 8.70. The lowest BCUT2D eigenvalue weighted by Crippen LogP contribution is -2.11. The maximum absolute atomic E-state index is 13.6. The number of carboxylic acid groups (broad SMARTS) is 1. The summed E-state index contributed by atoms with van der Waals surface area (Å²) in [6, 6.07) is 18.2. The molecule has 0 saturated carbocycles. The number of ketones is 1. The third-order valence-electron chi connectivity index (χ3n) is 5.99. The second kappa shape index (κ2) is 9.59. The molecule has 0 unspecified atom stereocenters. The quantitative estimate of drug-likeness (QED) is 0.301. The minimum Gasteiger partial charge on any atom is -0.478 e. The van der Waals surface area contributed by atoms with E-state index in [2.05, 4.69) is 0 Å². The Morgan fingerprint density at radius 3 is 2.29 bits per heavy atom. The molecule has 0 atom stereocenters. The molecule has 3 aromatic carbocycles. The fourth-order valence-corrected chi connectivity index (χ4v) is 4.41. The molecule has 0 aliphatic rings. The van der Waals surface area contributed by atoms with Crippen LogP contribution < -0.4 is 0 Å². The van der Waals surface area contributed by atoms with Crippen molar-refractivity contribution in [3.8, 4) is 0 Å². The first-order chi connectivity index (χ1) is 16.3. The topological polar surface area (TPSA) is 59.3 Å². The third kappa shape index (κ3) is 4.62. The third-order valence-corrected chi connectivity index (χ3v) is 5.99. The molecule has 0 aliphatic heterocycles. The molecule has 4 aromatic rings. The number of carboxylic acids is 1. The van der Waals surface area contributed by atoms with Gasteiger partial charge >= 0.3 is 5.97 Å². The first-order valence-corrected chi connectivity index (χ1v) is 11.2. The smallest absolute Gasteiger partial charge is 0.335 e. The van der Waals surface area contributed by atoms with Crippen LogP contribution in [0.5, 0.6) is 0 Å². The molecule has 4 rings (SSSR count). The molecule has 0 saturated heterocycles. The highest BCUT2D eigenvalue weighted by atomic mass is 19.2. The van der Waals surface area contributed by atoms with Crippen LogP contribution in [0.2, 0.25) is 0 Å². The number of halogens is 2. The fourth-order valence-electron chi connectivity index (χ4n) is 4.41. The van der Waals surface area contributed by atoms with Crippen LogP contribution in [-0.4, -0.2) is 21.4 Å². The van der Waals surface area contributed by atoms with E-state index in [0.29, 0.717) is 28.6 Å². The van der Waals surface area contributed by atoms with Gasteiger partial charge in [0.05, 0.1) is 11.1 Å². The lowest BCUT2D eigenvalue weighted by atomic mass is 9.96. The summed E-state index contributed by atoms with van der Waals surface area (Å²) in [4.78, 5) is 25.1. The molecule has 0 aliphatic carbocycles. The first kappa shape index (κ1) is 23.4. The number of hydrogen-bond donors (Lipinski definition) is 1. The van der Waals surface area contributed by atoms with E-state index in [1.54, 1.807) is 12.1 Å². The number of hydrogen-bond acceptors (Lipinski definition) is 2. The van der Waals surface area contributed by atoms with Crippen molar-refractivity contribution >= 4 is 22.7 Å². The Hall–Kier alpha value is -3.80. The number of benzene rings is 3. The number of aryl methyl sites for hydroxylation is 1. The van der Waals surface area contributed by atoms with Crippen LogP contribution in [0.1, 0.15) is 63.7 Å². The average Bonchev–Trinajstić information content (AvgIpc) is 3.14. The standard InChI is InChI=1S/C28H25F2NO3/c1-17(2)27-26(25(32)13-9-18-8-12-22(29)23(30)14-18)21-11-10-20(28(33)34)15-24(21)31(27)16-19-6-4-3-5-7-19/h3-8,10-12,14-15,17H,9,13,16H2,1-2H3,(H,33,34). The monoisotopic (exact) mass is 461 g/mol. The molecule has 0 radical (unpaired) electrons. The van der Waals surface area contributed by atoms with Crippen molar-refractivity contribution in [2.24, 2.45) is 0 Å². The summed E-state index contributed by atoms with van der Waals surface area (Å²) in [6.07, 6.45) is 0.391. The van der Waals surface area contributed by atoms with E-state index < -0.39 is 17.6 Å². The van der Waals surface area contributed by atoms with Crippen molar-refractivity contribution in [2.45, 2.75) is 39.2 Å². The second-order valence-corrected chi connectivity index (χ2v) is 8.70. The molecule has 34 heavy (non-hydrogen) atoms. The minimum absolute atomic E-state index is 0.00777. The van der Waals surface area contributed by atoms with Crippen molar-refractivity contribution in [3.63, 3.8) is 0 Å². The Balaban J connectivity index is 1.81. The number of carbonyl (C=O) groups excluding carboxylic acids is 1. The Morgan fingerprint density at radius 2 is 1.65 bits per heavy atom. The largest absolute Gasteiger partial charge is 0.478 e. The number of aromatic carboxylic acids is 1. The average molecular weight is 462 g/mol. The predicted octanol–water partition coefficient (Wildman–Crippen LogP) is 6.60. The van der Waals surface area contributed by atoms with E-state index in [9.17, 15) is 23.5 Å². The lowest BCUT2D eigenvalue weighted by Gasteiger charge is -2.15. The van der Waals surface area contributed by atoms with Gasteiger partial charge in [-0.3, -0.25) is 4.79 Å². The van der Waals surface area contributed by atoms with Gasteiger partial charge in [-0.25, -0.2) is 13.6 Å². The zero-order chi connectivity index (χ0) is 24.4. The molecule has 1 N–H and O–H groups in total. The van der Waals surface area contributed by atoms with Crippen LogP contribution in [0.15, 0.2) is 66.7 Å². The molecule has 1 aromatic heterocycles. The van der Waals surface area contributed by atoms with Gasteiger partial charge in [-0.15, -0.1) is 0 Å². The molecule has 0 bridgehead atoms. The summed E-state index contributed by atoms with van der Waals surface area (Å²) in [5.41, 5.74) is 3.79. The molecule has 174 valence electrons. The van der Waals surface area contributed by atoms with Crippen LogP contribution in [-0.2, 0) is 13.0 Å². The fraction of sp³-hybridized carbons (Fsp3) is 0.214. The van der Waals surface area contributed by atoms with Gasteiger partial charge in [0, 0.05) is 29.6 Å². The van der Waals surface area contributed by atoms with E-state index in [1.807, 2.05) is 48.7 Å².